The highest BCUT2D eigenvalue weighted by Crippen LogP contribution is 2.18. The van der Waals surface area contributed by atoms with Crippen LogP contribution >= 0.6 is 12.6 Å². The van der Waals surface area contributed by atoms with Gasteiger partial charge in [-0.1, -0.05) is 6.58 Å². The van der Waals surface area contributed by atoms with Gasteiger partial charge in [-0.25, -0.2) is 0 Å². The van der Waals surface area contributed by atoms with Gasteiger partial charge in [0.25, 0.3) is 0 Å². The maximum atomic E-state index is 11.7. The second kappa shape index (κ2) is 6.64. The van der Waals surface area contributed by atoms with E-state index in [9.17, 15) is 14.7 Å². The number of imide groups is 1. The summed E-state index contributed by atoms with van der Waals surface area (Å²) in [5.74, 6) is -0.356. The third-order valence-electron chi connectivity index (χ3n) is 3.80. The minimum Gasteiger partial charge on any atom is -0.370 e. The van der Waals surface area contributed by atoms with Crippen molar-refractivity contribution >= 4 is 24.4 Å². The van der Waals surface area contributed by atoms with Crippen LogP contribution in [0.3, 0.4) is 0 Å². The summed E-state index contributed by atoms with van der Waals surface area (Å²) in [5.41, 5.74) is 0.790. The summed E-state index contributed by atoms with van der Waals surface area (Å²) in [6, 6.07) is 0. The molecule has 0 aromatic carbocycles. The number of likely N-dealkylation sites (N-methyl/N-ethyl adjacent to an activating group) is 1. The highest BCUT2D eigenvalue weighted by Gasteiger charge is 2.35. The van der Waals surface area contributed by atoms with Crippen LogP contribution in [0.5, 0.6) is 0 Å². The molecule has 2 aliphatic rings. The summed E-state index contributed by atoms with van der Waals surface area (Å²) >= 11 is 4.09. The normalized spacial score (nSPS) is 25.8. The highest BCUT2D eigenvalue weighted by molar-refractivity contribution is 7.81. The Morgan fingerprint density at radius 2 is 2.10 bits per heavy atom. The van der Waals surface area contributed by atoms with Gasteiger partial charge >= 0.3 is 0 Å². The Morgan fingerprint density at radius 1 is 1.43 bits per heavy atom. The zero-order valence-corrected chi connectivity index (χ0v) is 13.0. The number of hydrogen-bond acceptors (Lipinski definition) is 6. The fourth-order valence-electron chi connectivity index (χ4n) is 2.40. The molecule has 1 fully saturated rings. The molecule has 7 heteroatoms. The van der Waals surface area contributed by atoms with E-state index in [2.05, 4.69) is 19.2 Å². The molecule has 2 heterocycles. The molecule has 0 aliphatic carbocycles. The van der Waals surface area contributed by atoms with Gasteiger partial charge in [-0.05, 0) is 19.2 Å². The Balaban J connectivity index is 1.73. The number of thiol groups is 1. The van der Waals surface area contributed by atoms with Crippen LogP contribution in [0.4, 0.5) is 0 Å². The first-order chi connectivity index (χ1) is 9.90. The van der Waals surface area contributed by atoms with Crippen LogP contribution in [0, 0.1) is 0 Å². The molecular formula is C14H21N3O3S. The van der Waals surface area contributed by atoms with Crippen molar-refractivity contribution in [1.82, 2.24) is 14.7 Å². The Bertz CT molecular complexity index is 480. The Morgan fingerprint density at radius 3 is 2.62 bits per heavy atom. The molecule has 2 rings (SSSR count). The number of aliphatic hydroxyl groups is 1. The van der Waals surface area contributed by atoms with Crippen molar-refractivity contribution < 1.29 is 14.7 Å². The molecule has 6 nitrogen and oxygen atoms in total. The monoisotopic (exact) mass is 311 g/mol. The second-order valence-corrected chi connectivity index (χ2v) is 5.99. The number of likely N-dealkylation sites (tertiary alicyclic amines) is 1. The largest absolute Gasteiger partial charge is 0.370 e. The summed E-state index contributed by atoms with van der Waals surface area (Å²) in [7, 11) is 1.92. The molecule has 2 atom stereocenters. The van der Waals surface area contributed by atoms with Gasteiger partial charge in [-0.3, -0.25) is 14.5 Å². The van der Waals surface area contributed by atoms with E-state index in [-0.39, 0.29) is 18.2 Å². The molecule has 21 heavy (non-hydrogen) atoms. The molecule has 0 saturated carbocycles. The highest BCUT2D eigenvalue weighted by atomic mass is 32.1. The summed E-state index contributed by atoms with van der Waals surface area (Å²) in [5, 5.41) is 9.24. The number of nitrogens with zero attached hydrogens (tertiary/aromatic N) is 3. The van der Waals surface area contributed by atoms with Crippen molar-refractivity contribution in [1.29, 1.82) is 0 Å². The van der Waals surface area contributed by atoms with Crippen molar-refractivity contribution in [2.24, 2.45) is 0 Å². The van der Waals surface area contributed by atoms with Crippen LogP contribution < -0.4 is 0 Å². The van der Waals surface area contributed by atoms with Crippen LogP contribution in [0.1, 0.15) is 6.42 Å². The van der Waals surface area contributed by atoms with Gasteiger partial charge < -0.3 is 14.9 Å². The molecule has 2 amide bonds. The third kappa shape index (κ3) is 3.66. The van der Waals surface area contributed by atoms with E-state index in [4.69, 9.17) is 0 Å². The molecule has 116 valence electrons. The number of carbonyl (C=O) groups excluding carboxylic acids is 2. The summed E-state index contributed by atoms with van der Waals surface area (Å²) < 4.78 is 0. The summed E-state index contributed by atoms with van der Waals surface area (Å²) in [6.45, 7) is 6.18. The Kier molecular flexibility index (Phi) is 5.08. The van der Waals surface area contributed by atoms with Crippen molar-refractivity contribution in [2.75, 3.05) is 33.2 Å². The van der Waals surface area contributed by atoms with Gasteiger partial charge in [0, 0.05) is 38.3 Å². The van der Waals surface area contributed by atoms with Crippen molar-refractivity contribution in [3.63, 3.8) is 0 Å². The third-order valence-corrected chi connectivity index (χ3v) is 4.20. The fourth-order valence-corrected chi connectivity index (χ4v) is 2.70. The molecular weight excluding hydrogens is 290 g/mol. The summed E-state index contributed by atoms with van der Waals surface area (Å²) in [4.78, 5) is 28.5. The van der Waals surface area contributed by atoms with Gasteiger partial charge in [0.15, 0.2) is 0 Å². The van der Waals surface area contributed by atoms with E-state index in [0.717, 1.165) is 5.70 Å². The first-order valence-corrected chi connectivity index (χ1v) is 7.44. The molecule has 0 aromatic rings. The molecule has 0 radical (unpaired) electrons. The molecule has 0 aromatic heterocycles. The van der Waals surface area contributed by atoms with E-state index in [1.54, 1.807) is 17.1 Å². The van der Waals surface area contributed by atoms with E-state index in [1.807, 2.05) is 11.9 Å². The van der Waals surface area contributed by atoms with E-state index >= 15 is 0 Å². The lowest BCUT2D eigenvalue weighted by molar-refractivity contribution is -0.138. The first kappa shape index (κ1) is 16.1. The van der Waals surface area contributed by atoms with E-state index in [1.165, 1.54) is 4.90 Å². The first-order valence-electron chi connectivity index (χ1n) is 6.93. The second-order valence-electron chi connectivity index (χ2n) is 5.36. The van der Waals surface area contributed by atoms with Gasteiger partial charge in [-0.15, -0.1) is 0 Å². The number of aliphatic hydroxyl groups excluding tert-OH is 1. The predicted octanol–water partition coefficient (Wildman–Crippen LogP) is -0.321. The SMILES string of the molecule is C=C1C=CC(O)N1CCN(C)CCN1C(=O)CC(S)C1=O. The molecule has 0 spiro atoms. The van der Waals surface area contributed by atoms with Crippen molar-refractivity contribution in [3.05, 3.63) is 24.4 Å². The van der Waals surface area contributed by atoms with Crippen LogP contribution in [0.25, 0.3) is 0 Å². The lowest BCUT2D eigenvalue weighted by atomic mass is 10.4. The number of rotatable bonds is 6. The van der Waals surface area contributed by atoms with Crippen LogP contribution in [-0.2, 0) is 9.59 Å². The van der Waals surface area contributed by atoms with Crippen LogP contribution in [0.2, 0.25) is 0 Å². The number of amides is 2. The number of carbonyl (C=O) groups is 2. The minimum absolute atomic E-state index is 0.152. The predicted molar refractivity (Wildman–Crippen MR) is 82.6 cm³/mol. The standard InChI is InChI=1S/C14H21N3O3S/c1-10-3-4-12(18)16(10)7-5-15(2)6-8-17-13(19)9-11(21)14(17)20/h3-4,11-12,18,21H,1,5-9H2,2H3. The molecule has 2 unspecified atom stereocenters. The smallest absolute Gasteiger partial charge is 0.242 e. The molecule has 0 bridgehead atoms. The quantitative estimate of drug-likeness (QED) is 0.520. The molecule has 2 aliphatic heterocycles. The zero-order chi connectivity index (χ0) is 15.6. The zero-order valence-electron chi connectivity index (χ0n) is 12.1. The lowest BCUT2D eigenvalue weighted by Crippen LogP contribution is -2.40. The van der Waals surface area contributed by atoms with Crippen molar-refractivity contribution in [3.8, 4) is 0 Å². The van der Waals surface area contributed by atoms with Crippen LogP contribution in [0.15, 0.2) is 24.4 Å². The maximum Gasteiger partial charge on any atom is 0.242 e. The topological polar surface area (TPSA) is 64.1 Å². The molecule has 1 N–H and O–H groups in total. The summed E-state index contributed by atoms with van der Waals surface area (Å²) in [6.07, 6.45) is 3.06. The van der Waals surface area contributed by atoms with E-state index in [0.29, 0.717) is 26.2 Å². The Hall–Kier alpha value is -1.31. The van der Waals surface area contributed by atoms with Crippen LogP contribution in [-0.4, -0.2) is 76.3 Å². The number of allylic oxidation sites excluding steroid dienone is 1. The maximum absolute atomic E-state index is 11.7. The number of hydrogen-bond donors (Lipinski definition) is 2. The van der Waals surface area contributed by atoms with Crippen molar-refractivity contribution in [2.45, 2.75) is 17.9 Å². The van der Waals surface area contributed by atoms with Gasteiger partial charge in [0.2, 0.25) is 11.8 Å². The van der Waals surface area contributed by atoms with Gasteiger partial charge in [0.1, 0.15) is 6.23 Å². The average molecular weight is 311 g/mol. The average Bonchev–Trinajstić information content (AvgIpc) is 2.87. The van der Waals surface area contributed by atoms with E-state index < -0.39 is 11.5 Å². The molecule has 1 saturated heterocycles. The fraction of sp³-hybridized carbons (Fsp3) is 0.571. The van der Waals surface area contributed by atoms with Gasteiger partial charge in [-0.2, -0.15) is 12.6 Å². The Labute approximate surface area is 130 Å². The lowest BCUT2D eigenvalue weighted by Gasteiger charge is -2.27. The minimum atomic E-state index is -0.613. The van der Waals surface area contributed by atoms with Gasteiger partial charge in [0.05, 0.1) is 5.25 Å².